The molecule has 0 amide bonds. The fraction of sp³-hybridized carbons (Fsp3) is 0. The van der Waals surface area contributed by atoms with Crippen LogP contribution in [0.1, 0.15) is 5.01 Å². The number of rotatable bonds is 2. The molecule has 2 aromatic rings. The van der Waals surface area contributed by atoms with E-state index < -0.39 is 5.97 Å². The van der Waals surface area contributed by atoms with Gasteiger partial charge in [0.15, 0.2) is 0 Å². The lowest BCUT2D eigenvalue weighted by molar-refractivity contribution is -0.340. The third-order valence-electron chi connectivity index (χ3n) is 1.74. The molecule has 2 rings (SSSR count). The van der Waals surface area contributed by atoms with Gasteiger partial charge in [-0.25, -0.2) is 4.79 Å². The van der Waals surface area contributed by atoms with E-state index in [-0.39, 0.29) is 0 Å². The lowest BCUT2D eigenvalue weighted by atomic mass is 10.3. The number of carbonyl (C=O) groups is 1. The third kappa shape index (κ3) is 1.80. The Kier molecular flexibility index (Phi) is 2.28. The normalized spacial score (nSPS) is 11.1. The maximum atomic E-state index is 10.3. The third-order valence-corrected chi connectivity index (χ3v) is 2.78. The van der Waals surface area contributed by atoms with Crippen LogP contribution >= 0.6 is 11.3 Å². The minimum atomic E-state index is -0.934. The monoisotopic (exact) mass is 206 g/mol. The number of para-hydroxylation sites is 1. The van der Waals surface area contributed by atoms with E-state index in [2.05, 4.69) is 4.98 Å². The smallest absolute Gasteiger partial charge is 0.328 e. The summed E-state index contributed by atoms with van der Waals surface area (Å²) >= 11 is 1.53. The minimum absolute atomic E-state index is 0.841. The van der Waals surface area contributed by atoms with Crippen molar-refractivity contribution in [2.75, 3.05) is 0 Å². The Morgan fingerprint density at radius 1 is 1.43 bits per heavy atom. The molecule has 0 saturated carbocycles. The number of benzene rings is 1. The highest BCUT2D eigenvalue weighted by atomic mass is 32.1. The summed E-state index contributed by atoms with van der Waals surface area (Å²) in [5, 5.41) is 9.29. The van der Waals surface area contributed by atoms with Crippen LogP contribution in [0.5, 0.6) is 0 Å². The van der Waals surface area contributed by atoms with Crippen molar-refractivity contribution in [3.63, 3.8) is 0 Å². The van der Waals surface area contributed by atoms with Crippen molar-refractivity contribution >= 4 is 33.6 Å². The van der Waals surface area contributed by atoms with E-state index in [1.165, 1.54) is 11.3 Å². The molecule has 0 radical (unpaired) electrons. The molecule has 0 aliphatic rings. The molecule has 1 aromatic heterocycles. The molecule has 0 saturated heterocycles. The van der Waals surface area contributed by atoms with Gasteiger partial charge in [-0.2, -0.15) is 4.98 Å². The average Bonchev–Trinajstić information content (AvgIpc) is 2.57. The Morgan fingerprint density at radius 2 is 2.21 bits per heavy atom. The molecule has 2 N–H and O–H groups in total. The average molecular weight is 206 g/mol. The molecule has 4 heteroatoms. The van der Waals surface area contributed by atoms with E-state index in [1.54, 1.807) is 6.08 Å². The van der Waals surface area contributed by atoms with Crippen LogP contribution in [0.3, 0.4) is 0 Å². The molecule has 1 aromatic carbocycles. The molecule has 0 bridgehead atoms. The molecule has 0 aliphatic heterocycles. The molecule has 0 unspecified atom stereocenters. The summed E-state index contributed by atoms with van der Waals surface area (Å²) in [5.41, 5.74) is 1.03. The SMILES string of the molecule is O=C(O)/C=C/c1[nH+]c2ccccc2s1. The summed E-state index contributed by atoms with van der Waals surface area (Å²) in [4.78, 5) is 13.4. The fourth-order valence-electron chi connectivity index (χ4n) is 1.16. The van der Waals surface area contributed by atoms with Gasteiger partial charge in [-0.3, -0.25) is 0 Å². The van der Waals surface area contributed by atoms with Gasteiger partial charge in [0.25, 0.3) is 5.01 Å². The van der Waals surface area contributed by atoms with Gasteiger partial charge in [-0.15, -0.1) is 0 Å². The van der Waals surface area contributed by atoms with Crippen LogP contribution in [0.4, 0.5) is 0 Å². The highest BCUT2D eigenvalue weighted by molar-refractivity contribution is 7.18. The van der Waals surface area contributed by atoms with Gasteiger partial charge in [0.2, 0.25) is 5.52 Å². The van der Waals surface area contributed by atoms with E-state index >= 15 is 0 Å². The molecule has 70 valence electrons. The standard InChI is InChI=1S/C10H7NO2S/c12-10(13)6-5-9-11-7-3-1-2-4-8(7)14-9/h1-6H,(H,12,13)/p+1/b6-5+. The first-order chi connectivity index (χ1) is 6.75. The van der Waals surface area contributed by atoms with Crippen molar-refractivity contribution < 1.29 is 14.9 Å². The van der Waals surface area contributed by atoms with Gasteiger partial charge < -0.3 is 5.11 Å². The molecule has 0 spiro atoms. The van der Waals surface area contributed by atoms with Crippen LogP contribution in [-0.4, -0.2) is 11.1 Å². The number of aromatic amines is 1. The van der Waals surface area contributed by atoms with Gasteiger partial charge in [-0.1, -0.05) is 23.5 Å². The topological polar surface area (TPSA) is 51.4 Å². The zero-order valence-electron chi connectivity index (χ0n) is 7.23. The number of H-pyrrole nitrogens is 1. The molecular formula is C10H8NO2S+. The highest BCUT2D eigenvalue weighted by Crippen LogP contribution is 2.18. The first kappa shape index (κ1) is 8.90. The predicted octanol–water partition coefficient (Wildman–Crippen LogP) is 1.81. The first-order valence-corrected chi connectivity index (χ1v) is 4.89. The number of carboxylic acid groups (broad SMARTS) is 1. The molecular weight excluding hydrogens is 198 g/mol. The lowest BCUT2D eigenvalue weighted by Crippen LogP contribution is -2.00. The second kappa shape index (κ2) is 3.59. The van der Waals surface area contributed by atoms with E-state index in [9.17, 15) is 4.79 Å². The second-order valence-electron chi connectivity index (χ2n) is 2.76. The van der Waals surface area contributed by atoms with Gasteiger partial charge >= 0.3 is 5.97 Å². The van der Waals surface area contributed by atoms with Crippen LogP contribution in [-0.2, 0) is 4.79 Å². The van der Waals surface area contributed by atoms with E-state index in [1.807, 2.05) is 24.3 Å². The number of fused-ring (bicyclic) bond motifs is 1. The van der Waals surface area contributed by atoms with Crippen LogP contribution in [0, 0.1) is 0 Å². The Hall–Kier alpha value is -1.68. The molecule has 0 aliphatic carbocycles. The maximum Gasteiger partial charge on any atom is 0.328 e. The van der Waals surface area contributed by atoms with Crippen molar-refractivity contribution in [2.45, 2.75) is 0 Å². The summed E-state index contributed by atoms with van der Waals surface area (Å²) in [6.07, 6.45) is 2.69. The van der Waals surface area contributed by atoms with Gasteiger partial charge in [-0.05, 0) is 6.07 Å². The van der Waals surface area contributed by atoms with E-state index in [0.29, 0.717) is 0 Å². The van der Waals surface area contributed by atoms with Crippen LogP contribution in [0.15, 0.2) is 30.3 Å². The minimum Gasteiger partial charge on any atom is -0.478 e. The number of thiazole rings is 1. The molecule has 0 atom stereocenters. The quantitative estimate of drug-likeness (QED) is 0.762. The summed E-state index contributed by atoms with van der Waals surface area (Å²) in [6, 6.07) is 7.85. The van der Waals surface area contributed by atoms with Crippen LogP contribution in [0.2, 0.25) is 0 Å². The van der Waals surface area contributed by atoms with Crippen LogP contribution in [0.25, 0.3) is 16.3 Å². The lowest BCUT2D eigenvalue weighted by Gasteiger charge is -1.75. The van der Waals surface area contributed by atoms with Crippen molar-refractivity contribution in [2.24, 2.45) is 0 Å². The number of carboxylic acids is 1. The Balaban J connectivity index is 2.40. The Morgan fingerprint density at radius 3 is 2.93 bits per heavy atom. The van der Waals surface area contributed by atoms with Gasteiger partial charge in [0, 0.05) is 18.2 Å². The first-order valence-electron chi connectivity index (χ1n) is 4.07. The number of hydrogen-bond acceptors (Lipinski definition) is 2. The summed E-state index contributed by atoms with van der Waals surface area (Å²) in [5.74, 6) is -0.934. The molecule has 3 nitrogen and oxygen atoms in total. The van der Waals surface area contributed by atoms with Crippen LogP contribution < -0.4 is 4.98 Å². The number of hydrogen-bond donors (Lipinski definition) is 1. The summed E-state index contributed by atoms with van der Waals surface area (Å²) < 4.78 is 1.12. The van der Waals surface area contributed by atoms with Gasteiger partial charge in [0.05, 0.1) is 0 Å². The number of aliphatic carboxylic acids is 1. The molecule has 0 fully saturated rings. The van der Waals surface area contributed by atoms with Crippen molar-refractivity contribution in [3.05, 3.63) is 35.3 Å². The van der Waals surface area contributed by atoms with Crippen molar-refractivity contribution in [1.82, 2.24) is 0 Å². The molecule has 14 heavy (non-hydrogen) atoms. The second-order valence-corrected chi connectivity index (χ2v) is 3.84. The van der Waals surface area contributed by atoms with E-state index in [4.69, 9.17) is 5.11 Å². The molecule has 1 heterocycles. The summed E-state index contributed by atoms with van der Waals surface area (Å²) in [6.45, 7) is 0. The van der Waals surface area contributed by atoms with Crippen molar-refractivity contribution in [1.29, 1.82) is 0 Å². The zero-order chi connectivity index (χ0) is 9.97. The van der Waals surface area contributed by atoms with E-state index in [0.717, 1.165) is 21.3 Å². The highest BCUT2D eigenvalue weighted by Gasteiger charge is 2.06. The van der Waals surface area contributed by atoms with Gasteiger partial charge in [0.1, 0.15) is 4.70 Å². The predicted molar refractivity (Wildman–Crippen MR) is 55.1 cm³/mol. The van der Waals surface area contributed by atoms with Crippen molar-refractivity contribution in [3.8, 4) is 0 Å². The maximum absolute atomic E-state index is 10.3. The largest absolute Gasteiger partial charge is 0.478 e. The number of aromatic nitrogens is 1. The number of nitrogens with one attached hydrogen (secondary N) is 1. The fourth-order valence-corrected chi connectivity index (χ4v) is 2.07. The zero-order valence-corrected chi connectivity index (χ0v) is 8.04. The summed E-state index contributed by atoms with van der Waals surface area (Å²) in [7, 11) is 0. The Bertz CT molecular complexity index is 469. The Labute approximate surface area is 84.3 Å².